The number of likely N-dealkylation sites (N-methyl/N-ethyl adjacent to an activating group) is 1. The van der Waals surface area contributed by atoms with Gasteiger partial charge in [0, 0.05) is 49.8 Å². The molecule has 1 aromatic rings. The molecule has 1 saturated heterocycles. The van der Waals surface area contributed by atoms with E-state index < -0.39 is 0 Å². The number of rotatable bonds is 5. The van der Waals surface area contributed by atoms with E-state index in [9.17, 15) is 0 Å². The van der Waals surface area contributed by atoms with E-state index in [1.807, 2.05) is 18.8 Å². The van der Waals surface area contributed by atoms with Gasteiger partial charge in [0.25, 0.3) is 0 Å². The van der Waals surface area contributed by atoms with E-state index in [0.29, 0.717) is 12.0 Å². The Morgan fingerprint density at radius 2 is 2.19 bits per heavy atom. The van der Waals surface area contributed by atoms with Gasteiger partial charge in [-0.25, -0.2) is 0 Å². The first-order chi connectivity index (χ1) is 12.4. The first kappa shape index (κ1) is 22.7. The van der Waals surface area contributed by atoms with Crippen molar-refractivity contribution >= 4 is 41.7 Å². The molecule has 0 saturated carbocycles. The van der Waals surface area contributed by atoms with Crippen molar-refractivity contribution in [2.75, 3.05) is 39.2 Å². The van der Waals surface area contributed by atoms with Crippen LogP contribution in [0.1, 0.15) is 44.3 Å². The lowest BCUT2D eigenvalue weighted by molar-refractivity contribution is 0.182. The van der Waals surface area contributed by atoms with Crippen LogP contribution in [-0.4, -0.2) is 76.4 Å². The monoisotopic (exact) mass is 507 g/mol. The summed E-state index contributed by atoms with van der Waals surface area (Å²) in [5.74, 6) is 5.91. The van der Waals surface area contributed by atoms with E-state index >= 15 is 0 Å². The number of halogens is 1. The molecule has 0 aromatic carbocycles. The number of aromatic nitrogens is 3. The molecule has 0 amide bonds. The van der Waals surface area contributed by atoms with Gasteiger partial charge < -0.3 is 20.1 Å². The molecule has 3 heterocycles. The van der Waals surface area contributed by atoms with E-state index in [2.05, 4.69) is 63.2 Å². The van der Waals surface area contributed by atoms with Gasteiger partial charge in [0.2, 0.25) is 0 Å². The Morgan fingerprint density at radius 3 is 2.78 bits per heavy atom. The number of thioether (sulfide) groups is 1. The summed E-state index contributed by atoms with van der Waals surface area (Å²) >= 11 is 2.04. The molecule has 0 aliphatic carbocycles. The van der Waals surface area contributed by atoms with Crippen molar-refractivity contribution in [1.29, 1.82) is 0 Å². The van der Waals surface area contributed by atoms with Crippen LogP contribution in [0.2, 0.25) is 0 Å². The highest BCUT2D eigenvalue weighted by Gasteiger charge is 2.36. The summed E-state index contributed by atoms with van der Waals surface area (Å²) in [4.78, 5) is 6.83. The van der Waals surface area contributed by atoms with Crippen LogP contribution in [0.5, 0.6) is 0 Å². The lowest BCUT2D eigenvalue weighted by Gasteiger charge is -2.36. The van der Waals surface area contributed by atoms with Crippen molar-refractivity contribution < 1.29 is 0 Å². The van der Waals surface area contributed by atoms with E-state index in [-0.39, 0.29) is 29.5 Å². The predicted molar refractivity (Wildman–Crippen MR) is 124 cm³/mol. The Labute approximate surface area is 184 Å². The third-order valence-corrected chi connectivity index (χ3v) is 6.91. The number of fused-ring (bicyclic) bond motifs is 1. The SMILES string of the molecule is CN=C(NCC1(N(C)C)CCSC1)NC1CCc2nnc(C(C)C)n2C1.I. The molecule has 2 aliphatic heterocycles. The highest BCUT2D eigenvalue weighted by Crippen LogP contribution is 2.31. The van der Waals surface area contributed by atoms with Gasteiger partial charge in [0.1, 0.15) is 11.6 Å². The molecule has 0 bridgehead atoms. The highest BCUT2D eigenvalue weighted by molar-refractivity contribution is 14.0. The summed E-state index contributed by atoms with van der Waals surface area (Å²) in [6.07, 6.45) is 3.25. The van der Waals surface area contributed by atoms with Crippen LogP contribution < -0.4 is 10.6 Å². The maximum Gasteiger partial charge on any atom is 0.191 e. The molecule has 0 spiro atoms. The summed E-state index contributed by atoms with van der Waals surface area (Å²) in [5.41, 5.74) is 0.223. The molecule has 1 aromatic heterocycles. The Kier molecular flexibility index (Phi) is 8.23. The lowest BCUT2D eigenvalue weighted by atomic mass is 9.97. The van der Waals surface area contributed by atoms with E-state index in [1.54, 1.807) is 0 Å². The fourth-order valence-electron chi connectivity index (χ4n) is 3.78. The number of guanidine groups is 1. The molecular formula is C18H34IN7S. The third kappa shape index (κ3) is 5.09. The minimum Gasteiger partial charge on any atom is -0.355 e. The van der Waals surface area contributed by atoms with Gasteiger partial charge in [-0.1, -0.05) is 13.8 Å². The molecular weight excluding hydrogens is 473 g/mol. The van der Waals surface area contributed by atoms with Crippen LogP contribution in [0.3, 0.4) is 0 Å². The fraction of sp³-hybridized carbons (Fsp3) is 0.833. The zero-order valence-corrected chi connectivity index (χ0v) is 20.3. The average molecular weight is 507 g/mol. The molecule has 154 valence electrons. The lowest BCUT2D eigenvalue weighted by Crippen LogP contribution is -2.56. The van der Waals surface area contributed by atoms with Crippen LogP contribution in [-0.2, 0) is 13.0 Å². The van der Waals surface area contributed by atoms with Crippen LogP contribution in [0.25, 0.3) is 0 Å². The highest BCUT2D eigenvalue weighted by atomic mass is 127. The average Bonchev–Trinajstić information content (AvgIpc) is 3.25. The van der Waals surface area contributed by atoms with Crippen molar-refractivity contribution in [2.45, 2.75) is 57.2 Å². The van der Waals surface area contributed by atoms with Gasteiger partial charge in [-0.3, -0.25) is 4.99 Å². The number of nitrogens with zero attached hydrogens (tertiary/aromatic N) is 5. The van der Waals surface area contributed by atoms with E-state index in [0.717, 1.165) is 43.5 Å². The Bertz CT molecular complexity index is 638. The minimum atomic E-state index is 0. The summed E-state index contributed by atoms with van der Waals surface area (Å²) in [6.45, 7) is 6.18. The quantitative estimate of drug-likeness (QED) is 0.361. The van der Waals surface area contributed by atoms with Crippen LogP contribution in [0.15, 0.2) is 4.99 Å². The number of aliphatic imine (C=N–C) groups is 1. The fourth-order valence-corrected chi connectivity index (χ4v) is 5.33. The maximum absolute atomic E-state index is 4.46. The van der Waals surface area contributed by atoms with Gasteiger partial charge in [-0.2, -0.15) is 11.8 Å². The van der Waals surface area contributed by atoms with Crippen molar-refractivity contribution in [3.8, 4) is 0 Å². The zero-order chi connectivity index (χ0) is 18.7. The molecule has 9 heteroatoms. The molecule has 1 fully saturated rings. The van der Waals surface area contributed by atoms with Crippen molar-refractivity contribution in [3.63, 3.8) is 0 Å². The summed E-state index contributed by atoms with van der Waals surface area (Å²) in [6, 6.07) is 0.357. The molecule has 2 atom stereocenters. The second-order valence-corrected chi connectivity index (χ2v) is 9.07. The van der Waals surface area contributed by atoms with Crippen molar-refractivity contribution in [1.82, 2.24) is 30.3 Å². The topological polar surface area (TPSA) is 70.4 Å². The Morgan fingerprint density at radius 1 is 1.41 bits per heavy atom. The molecule has 2 unspecified atom stereocenters. The first-order valence-corrected chi connectivity index (χ1v) is 10.7. The standard InChI is InChI=1S/C18H33N7S.HI/c1-13(2)16-23-22-15-7-6-14(10-25(15)16)21-17(19-3)20-11-18(24(4)5)8-9-26-12-18;/h13-14H,6-12H2,1-5H3,(H2,19,20,21);1H. The minimum absolute atomic E-state index is 0. The molecule has 7 nitrogen and oxygen atoms in total. The zero-order valence-electron chi connectivity index (χ0n) is 17.2. The Balaban J connectivity index is 0.00000261. The van der Waals surface area contributed by atoms with Crippen LogP contribution in [0.4, 0.5) is 0 Å². The van der Waals surface area contributed by atoms with Crippen LogP contribution in [0, 0.1) is 0 Å². The first-order valence-electron chi connectivity index (χ1n) is 9.59. The number of aryl methyl sites for hydroxylation is 1. The summed E-state index contributed by atoms with van der Waals surface area (Å²) in [5, 5.41) is 15.9. The third-order valence-electron chi connectivity index (χ3n) is 5.67. The predicted octanol–water partition coefficient (Wildman–Crippen LogP) is 1.94. The second-order valence-electron chi connectivity index (χ2n) is 7.97. The van der Waals surface area contributed by atoms with Gasteiger partial charge in [0.15, 0.2) is 5.96 Å². The second kappa shape index (κ2) is 9.78. The van der Waals surface area contributed by atoms with Gasteiger partial charge in [0.05, 0.1) is 0 Å². The maximum atomic E-state index is 4.46. The van der Waals surface area contributed by atoms with Crippen molar-refractivity contribution in [3.05, 3.63) is 11.6 Å². The smallest absolute Gasteiger partial charge is 0.191 e. The molecule has 2 N–H and O–H groups in total. The Hall–Kier alpha value is -0.550. The molecule has 3 rings (SSSR count). The molecule has 27 heavy (non-hydrogen) atoms. The van der Waals surface area contributed by atoms with Gasteiger partial charge in [-0.05, 0) is 32.7 Å². The van der Waals surface area contributed by atoms with Crippen LogP contribution >= 0.6 is 35.7 Å². The number of nitrogens with one attached hydrogen (secondary N) is 2. The number of hydrogen-bond donors (Lipinski definition) is 2. The van der Waals surface area contributed by atoms with E-state index in [1.165, 1.54) is 17.9 Å². The van der Waals surface area contributed by atoms with Crippen molar-refractivity contribution in [2.24, 2.45) is 4.99 Å². The molecule has 2 aliphatic rings. The number of hydrogen-bond acceptors (Lipinski definition) is 5. The molecule has 0 radical (unpaired) electrons. The summed E-state index contributed by atoms with van der Waals surface area (Å²) in [7, 11) is 6.23. The van der Waals surface area contributed by atoms with E-state index in [4.69, 9.17) is 0 Å². The largest absolute Gasteiger partial charge is 0.355 e. The normalized spacial score (nSPS) is 25.4. The van der Waals surface area contributed by atoms with Gasteiger partial charge in [-0.15, -0.1) is 34.2 Å². The summed E-state index contributed by atoms with van der Waals surface area (Å²) < 4.78 is 2.29. The van der Waals surface area contributed by atoms with Gasteiger partial charge >= 0.3 is 0 Å².